The van der Waals surface area contributed by atoms with Gasteiger partial charge in [-0.3, -0.25) is 0 Å². The molecule has 0 unspecified atom stereocenters. The van der Waals surface area contributed by atoms with Crippen molar-refractivity contribution in [2.75, 3.05) is 24.7 Å². The summed E-state index contributed by atoms with van der Waals surface area (Å²) in [5.74, 6) is 0.747. The van der Waals surface area contributed by atoms with Crippen molar-refractivity contribution in [2.24, 2.45) is 0 Å². The maximum atomic E-state index is 11.7. The van der Waals surface area contributed by atoms with Gasteiger partial charge in [0.1, 0.15) is 0 Å². The average Bonchev–Trinajstić information content (AvgIpc) is 2.33. The topological polar surface area (TPSA) is 75.2 Å². The second kappa shape index (κ2) is 6.81. The monoisotopic (exact) mass is 286 g/mol. The smallest absolute Gasteiger partial charge is 0.225 e. The molecule has 0 aliphatic heterocycles. The van der Waals surface area contributed by atoms with Gasteiger partial charge in [0.05, 0.1) is 18.0 Å². The van der Waals surface area contributed by atoms with Crippen LogP contribution in [0.3, 0.4) is 0 Å². The highest BCUT2D eigenvalue weighted by molar-refractivity contribution is 7.89. The Hall–Kier alpha value is -1.21. The number of aryl methyl sites for hydroxylation is 1. The van der Waals surface area contributed by atoms with Crippen LogP contribution in [0.2, 0.25) is 0 Å². The molecule has 1 aromatic heterocycles. The first-order chi connectivity index (χ1) is 8.84. The van der Waals surface area contributed by atoms with Crippen LogP contribution in [0, 0.1) is 6.92 Å². The van der Waals surface area contributed by atoms with E-state index >= 15 is 0 Å². The van der Waals surface area contributed by atoms with Crippen molar-refractivity contribution in [1.29, 1.82) is 0 Å². The van der Waals surface area contributed by atoms with Gasteiger partial charge < -0.3 is 4.90 Å². The van der Waals surface area contributed by atoms with Crippen molar-refractivity contribution in [3.05, 3.63) is 17.5 Å². The van der Waals surface area contributed by atoms with Crippen molar-refractivity contribution in [3.8, 4) is 0 Å². The second-order valence-corrected chi connectivity index (χ2v) is 6.62. The number of nitrogens with one attached hydrogen (secondary N) is 1. The fraction of sp³-hybridized carbons (Fsp3) is 0.667. The van der Waals surface area contributed by atoms with Crippen LogP contribution in [0.15, 0.2) is 6.07 Å². The Labute approximate surface area is 115 Å². The lowest BCUT2D eigenvalue weighted by atomic mass is 10.3. The van der Waals surface area contributed by atoms with Crippen LogP contribution in [0.1, 0.15) is 31.2 Å². The van der Waals surface area contributed by atoms with Crippen molar-refractivity contribution < 1.29 is 8.42 Å². The molecule has 0 radical (unpaired) electrons. The number of rotatable bonds is 7. The number of sulfonamides is 1. The first kappa shape index (κ1) is 15.8. The lowest BCUT2D eigenvalue weighted by Gasteiger charge is -2.12. The third-order valence-electron chi connectivity index (χ3n) is 2.54. The van der Waals surface area contributed by atoms with Crippen molar-refractivity contribution >= 4 is 16.0 Å². The maximum Gasteiger partial charge on any atom is 0.225 e. The molecule has 0 saturated carbocycles. The third-order valence-corrected chi connectivity index (χ3v) is 3.95. The summed E-state index contributed by atoms with van der Waals surface area (Å²) in [5, 5.41) is 0. The van der Waals surface area contributed by atoms with E-state index in [0.29, 0.717) is 18.1 Å². The summed E-state index contributed by atoms with van der Waals surface area (Å²) in [6, 6.07) is 1.79. The van der Waals surface area contributed by atoms with Crippen molar-refractivity contribution in [2.45, 2.75) is 33.2 Å². The molecule has 0 amide bonds. The Morgan fingerprint density at radius 3 is 2.58 bits per heavy atom. The second-order valence-electron chi connectivity index (χ2n) is 4.69. The van der Waals surface area contributed by atoms with Gasteiger partial charge in [-0.25, -0.2) is 23.1 Å². The molecule has 1 heterocycles. The van der Waals surface area contributed by atoms with Gasteiger partial charge in [0.2, 0.25) is 16.0 Å². The quantitative estimate of drug-likeness (QED) is 0.811. The van der Waals surface area contributed by atoms with E-state index in [1.165, 1.54) is 0 Å². The molecule has 19 heavy (non-hydrogen) atoms. The molecule has 6 nitrogen and oxygen atoms in total. The Morgan fingerprint density at radius 2 is 2.00 bits per heavy atom. The van der Waals surface area contributed by atoms with E-state index in [1.807, 2.05) is 27.9 Å². The van der Waals surface area contributed by atoms with Gasteiger partial charge in [0.25, 0.3) is 0 Å². The Bertz CT molecular complexity index is 514. The minimum Gasteiger partial charge on any atom is -0.347 e. The highest BCUT2D eigenvalue weighted by Gasteiger charge is 2.10. The molecule has 0 saturated heterocycles. The Balaban J connectivity index is 2.72. The van der Waals surface area contributed by atoms with E-state index in [1.54, 1.807) is 11.0 Å². The Morgan fingerprint density at radius 1 is 1.32 bits per heavy atom. The van der Waals surface area contributed by atoms with Crippen LogP contribution < -0.4 is 9.62 Å². The van der Waals surface area contributed by atoms with E-state index < -0.39 is 10.0 Å². The minimum atomic E-state index is -3.21. The van der Waals surface area contributed by atoms with Gasteiger partial charge in [-0.15, -0.1) is 0 Å². The normalized spacial score (nSPS) is 11.6. The van der Waals surface area contributed by atoms with Gasteiger partial charge in [0.15, 0.2) is 0 Å². The molecule has 1 aromatic rings. The molecule has 1 rings (SSSR count). The van der Waals surface area contributed by atoms with Crippen LogP contribution >= 0.6 is 0 Å². The van der Waals surface area contributed by atoms with Gasteiger partial charge in [-0.05, 0) is 19.4 Å². The molecular weight excluding hydrogens is 264 g/mol. The molecule has 0 aromatic carbocycles. The summed E-state index contributed by atoms with van der Waals surface area (Å²) in [6.07, 6.45) is 1.53. The molecule has 0 spiro atoms. The van der Waals surface area contributed by atoms with Crippen molar-refractivity contribution in [1.82, 2.24) is 14.7 Å². The van der Waals surface area contributed by atoms with Gasteiger partial charge in [-0.1, -0.05) is 13.3 Å². The highest BCUT2D eigenvalue weighted by Crippen LogP contribution is 2.07. The lowest BCUT2D eigenvalue weighted by Crippen LogP contribution is -2.26. The number of unbranched alkanes of at least 4 members (excludes halogenated alkanes) is 1. The lowest BCUT2D eigenvalue weighted by molar-refractivity contribution is 0.577. The van der Waals surface area contributed by atoms with E-state index in [2.05, 4.69) is 14.7 Å². The average molecular weight is 286 g/mol. The summed E-state index contributed by atoms with van der Waals surface area (Å²) < 4.78 is 26.0. The predicted molar refractivity (Wildman–Crippen MR) is 76.6 cm³/mol. The summed E-state index contributed by atoms with van der Waals surface area (Å²) >= 11 is 0. The van der Waals surface area contributed by atoms with Crippen LogP contribution in [0.4, 0.5) is 5.95 Å². The zero-order valence-electron chi connectivity index (χ0n) is 12.0. The first-order valence-corrected chi connectivity index (χ1v) is 7.98. The van der Waals surface area contributed by atoms with Crippen LogP contribution in [-0.4, -0.2) is 38.2 Å². The number of nitrogens with zero attached hydrogens (tertiary/aromatic N) is 3. The predicted octanol–water partition coefficient (Wildman–Crippen LogP) is 1.07. The third kappa shape index (κ3) is 5.52. The maximum absolute atomic E-state index is 11.7. The molecule has 1 N–H and O–H groups in total. The standard InChI is InChI=1S/C12H22N4O2S/c1-5-6-7-19(17,18)13-9-11-8-10(2)14-12(15-11)16(3)4/h8,13H,5-7,9H2,1-4H3. The van der Waals surface area contributed by atoms with E-state index in [0.717, 1.165) is 12.1 Å². The number of hydrogen-bond donors (Lipinski definition) is 1. The summed E-state index contributed by atoms with van der Waals surface area (Å²) in [6.45, 7) is 4.03. The van der Waals surface area contributed by atoms with Crippen LogP contribution in [0.25, 0.3) is 0 Å². The minimum absolute atomic E-state index is 0.161. The molecule has 108 valence electrons. The fourth-order valence-corrected chi connectivity index (χ4v) is 2.68. The largest absolute Gasteiger partial charge is 0.347 e. The molecule has 0 aliphatic carbocycles. The van der Waals surface area contributed by atoms with Gasteiger partial charge in [-0.2, -0.15) is 0 Å². The number of aromatic nitrogens is 2. The Kier molecular flexibility index (Phi) is 5.68. The molecule has 0 aliphatic rings. The summed E-state index contributed by atoms with van der Waals surface area (Å²) in [5.41, 5.74) is 1.50. The zero-order valence-corrected chi connectivity index (χ0v) is 12.8. The highest BCUT2D eigenvalue weighted by atomic mass is 32.2. The number of anilines is 1. The SMILES string of the molecule is CCCCS(=O)(=O)NCc1cc(C)nc(N(C)C)n1. The van der Waals surface area contributed by atoms with E-state index in [4.69, 9.17) is 0 Å². The fourth-order valence-electron chi connectivity index (χ4n) is 1.50. The summed E-state index contributed by atoms with van der Waals surface area (Å²) in [7, 11) is 0.490. The van der Waals surface area contributed by atoms with Gasteiger partial charge >= 0.3 is 0 Å². The first-order valence-electron chi connectivity index (χ1n) is 6.33. The molecule has 7 heteroatoms. The van der Waals surface area contributed by atoms with Gasteiger partial charge in [0, 0.05) is 19.8 Å². The van der Waals surface area contributed by atoms with Crippen molar-refractivity contribution in [3.63, 3.8) is 0 Å². The molecule has 0 fully saturated rings. The summed E-state index contributed by atoms with van der Waals surface area (Å²) in [4.78, 5) is 10.4. The molecule has 0 bridgehead atoms. The number of hydrogen-bond acceptors (Lipinski definition) is 5. The molecular formula is C12H22N4O2S. The van der Waals surface area contributed by atoms with E-state index in [9.17, 15) is 8.42 Å². The zero-order chi connectivity index (χ0) is 14.5. The molecule has 0 atom stereocenters. The van der Waals surface area contributed by atoms with Crippen LogP contribution in [-0.2, 0) is 16.6 Å². The van der Waals surface area contributed by atoms with Crippen LogP contribution in [0.5, 0.6) is 0 Å². The van der Waals surface area contributed by atoms with E-state index in [-0.39, 0.29) is 12.3 Å².